The normalized spacial score (nSPS) is 11.7. The largest absolute Gasteiger partial charge is 0.497 e. The van der Waals surface area contributed by atoms with E-state index in [1.165, 1.54) is 47.5 Å². The number of carbonyl (C=O) groups is 2. The molecule has 9 nitrogen and oxygen atoms in total. The third kappa shape index (κ3) is 5.38. The quantitative estimate of drug-likeness (QED) is 0.470. The average molecular weight is 436 g/mol. The highest BCUT2D eigenvalue weighted by Crippen LogP contribution is 2.37. The van der Waals surface area contributed by atoms with E-state index in [1.807, 2.05) is 0 Å². The summed E-state index contributed by atoms with van der Waals surface area (Å²) in [5.41, 5.74) is 0.619. The lowest BCUT2D eigenvalue weighted by atomic mass is 10.2. The van der Waals surface area contributed by atoms with Gasteiger partial charge in [0.25, 0.3) is 5.91 Å². The summed E-state index contributed by atoms with van der Waals surface area (Å²) in [7, 11) is 5.85. The van der Waals surface area contributed by atoms with Crippen LogP contribution in [0.4, 0.5) is 11.4 Å². The van der Waals surface area contributed by atoms with Gasteiger partial charge in [-0.25, -0.2) is 0 Å². The summed E-state index contributed by atoms with van der Waals surface area (Å²) in [5, 5.41) is 10.7. The van der Waals surface area contributed by atoms with Crippen molar-refractivity contribution in [2.75, 3.05) is 33.8 Å². The highest BCUT2D eigenvalue weighted by atomic mass is 35.5. The molecule has 0 fully saturated rings. The Bertz CT molecular complexity index is 964. The van der Waals surface area contributed by atoms with Crippen LogP contribution >= 0.6 is 11.6 Å². The molecule has 2 aromatic carbocycles. The molecule has 0 aliphatic rings. The topological polar surface area (TPSA) is 108 Å². The zero-order valence-electron chi connectivity index (χ0n) is 17.2. The molecule has 1 N–H and O–H groups in total. The second kappa shape index (κ2) is 10.4. The fraction of sp³-hybridized carbons (Fsp3) is 0.300. The number of nitrogens with zero attached hydrogens (tertiary/aromatic N) is 2. The van der Waals surface area contributed by atoms with Gasteiger partial charge < -0.3 is 24.3 Å². The number of ketones is 1. The number of ether oxygens (including phenoxy) is 4. The first-order valence-corrected chi connectivity index (χ1v) is 9.08. The predicted molar refractivity (Wildman–Crippen MR) is 112 cm³/mol. The Hall–Kier alpha value is -3.33. The van der Waals surface area contributed by atoms with Gasteiger partial charge in [0.2, 0.25) is 6.04 Å². The standard InChI is InChI=1S/C20H22ClN3O6/c1-11(25)18(24-23-12-6-7-16(28-3)17(8-12)29-4)20(26)22-15-10-13(27-2)9-14(21)19(15)30-5/h6-10,18H,1-5H3,(H,22,26). The predicted octanol–water partition coefficient (Wildman–Crippen LogP) is 4.05. The van der Waals surface area contributed by atoms with E-state index in [9.17, 15) is 9.59 Å². The summed E-state index contributed by atoms with van der Waals surface area (Å²) in [6.45, 7) is 1.24. The molecular formula is C20H22ClN3O6. The number of hydrogen-bond acceptors (Lipinski definition) is 8. The lowest BCUT2D eigenvalue weighted by Crippen LogP contribution is -2.32. The number of nitrogens with one attached hydrogen (secondary N) is 1. The molecule has 0 saturated heterocycles. The number of hydrogen-bond donors (Lipinski definition) is 1. The SMILES string of the molecule is COc1cc(Cl)c(OC)c(NC(=O)C(N=Nc2ccc(OC)c(OC)c2)C(C)=O)c1. The van der Waals surface area contributed by atoms with E-state index in [4.69, 9.17) is 30.5 Å². The summed E-state index contributed by atoms with van der Waals surface area (Å²) in [6.07, 6.45) is 0. The van der Waals surface area contributed by atoms with Crippen molar-refractivity contribution >= 4 is 34.7 Å². The molecule has 2 aromatic rings. The second-order valence-corrected chi connectivity index (χ2v) is 6.35. The Kier molecular flexibility index (Phi) is 7.99. The molecule has 0 bridgehead atoms. The van der Waals surface area contributed by atoms with E-state index < -0.39 is 17.7 Å². The molecule has 0 saturated carbocycles. The Balaban J connectivity index is 2.29. The monoisotopic (exact) mass is 435 g/mol. The van der Waals surface area contributed by atoms with Gasteiger partial charge in [-0.3, -0.25) is 9.59 Å². The lowest BCUT2D eigenvalue weighted by Gasteiger charge is -2.15. The average Bonchev–Trinajstić information content (AvgIpc) is 2.73. The summed E-state index contributed by atoms with van der Waals surface area (Å²) < 4.78 is 20.7. The van der Waals surface area contributed by atoms with Crippen molar-refractivity contribution in [1.82, 2.24) is 0 Å². The van der Waals surface area contributed by atoms with Crippen molar-refractivity contribution in [1.29, 1.82) is 0 Å². The van der Waals surface area contributed by atoms with Gasteiger partial charge in [0.05, 0.1) is 44.8 Å². The van der Waals surface area contributed by atoms with E-state index in [2.05, 4.69) is 15.5 Å². The maximum Gasteiger partial charge on any atom is 0.258 e. The summed E-state index contributed by atoms with van der Waals surface area (Å²) in [6, 6.07) is 6.50. The van der Waals surface area contributed by atoms with Gasteiger partial charge >= 0.3 is 0 Å². The molecule has 2 rings (SSSR count). The molecule has 1 atom stereocenters. The molecule has 30 heavy (non-hydrogen) atoms. The molecule has 0 spiro atoms. The minimum atomic E-state index is -1.38. The van der Waals surface area contributed by atoms with Crippen LogP contribution in [0.2, 0.25) is 5.02 Å². The first-order valence-electron chi connectivity index (χ1n) is 8.70. The van der Waals surface area contributed by atoms with Crippen molar-refractivity contribution in [3.8, 4) is 23.0 Å². The number of halogens is 1. The zero-order chi connectivity index (χ0) is 22.3. The maximum absolute atomic E-state index is 12.7. The maximum atomic E-state index is 12.7. The van der Waals surface area contributed by atoms with Gasteiger partial charge in [-0.1, -0.05) is 11.6 Å². The number of amides is 1. The number of Topliss-reactive ketones (excluding diaryl/α,β-unsaturated/α-hetero) is 1. The molecule has 0 heterocycles. The minimum Gasteiger partial charge on any atom is -0.497 e. The van der Waals surface area contributed by atoms with E-state index in [1.54, 1.807) is 18.2 Å². The fourth-order valence-electron chi connectivity index (χ4n) is 2.52. The van der Waals surface area contributed by atoms with Crippen LogP contribution in [0.25, 0.3) is 0 Å². The zero-order valence-corrected chi connectivity index (χ0v) is 17.9. The van der Waals surface area contributed by atoms with Crippen molar-refractivity contribution in [3.05, 3.63) is 35.4 Å². The highest BCUT2D eigenvalue weighted by molar-refractivity contribution is 6.33. The summed E-state index contributed by atoms with van der Waals surface area (Å²) >= 11 is 6.15. The highest BCUT2D eigenvalue weighted by Gasteiger charge is 2.25. The Morgan fingerprint density at radius 1 is 0.967 bits per heavy atom. The van der Waals surface area contributed by atoms with Crippen LogP contribution in [-0.4, -0.2) is 46.2 Å². The Labute approximate surface area is 178 Å². The molecule has 160 valence electrons. The summed E-state index contributed by atoms with van der Waals surface area (Å²) in [5.74, 6) is 0.388. The van der Waals surface area contributed by atoms with E-state index in [0.29, 0.717) is 22.9 Å². The van der Waals surface area contributed by atoms with Gasteiger partial charge in [-0.05, 0) is 19.1 Å². The molecule has 0 aliphatic carbocycles. The van der Waals surface area contributed by atoms with Crippen molar-refractivity contribution in [3.63, 3.8) is 0 Å². The van der Waals surface area contributed by atoms with Crippen LogP contribution in [0.5, 0.6) is 23.0 Å². The van der Waals surface area contributed by atoms with Crippen LogP contribution < -0.4 is 24.3 Å². The number of carbonyl (C=O) groups excluding carboxylic acids is 2. The van der Waals surface area contributed by atoms with Crippen LogP contribution in [0.1, 0.15) is 6.92 Å². The molecule has 1 unspecified atom stereocenters. The Morgan fingerprint density at radius 2 is 1.67 bits per heavy atom. The second-order valence-electron chi connectivity index (χ2n) is 5.95. The van der Waals surface area contributed by atoms with E-state index >= 15 is 0 Å². The van der Waals surface area contributed by atoms with Crippen molar-refractivity contribution in [2.24, 2.45) is 10.2 Å². The smallest absolute Gasteiger partial charge is 0.258 e. The van der Waals surface area contributed by atoms with Gasteiger partial charge in [0, 0.05) is 18.2 Å². The van der Waals surface area contributed by atoms with Crippen molar-refractivity contribution in [2.45, 2.75) is 13.0 Å². The van der Waals surface area contributed by atoms with Crippen LogP contribution in [-0.2, 0) is 9.59 Å². The molecular weight excluding hydrogens is 414 g/mol. The lowest BCUT2D eigenvalue weighted by molar-refractivity contribution is -0.126. The van der Waals surface area contributed by atoms with Gasteiger partial charge in [0.15, 0.2) is 23.0 Å². The van der Waals surface area contributed by atoms with Crippen LogP contribution in [0.3, 0.4) is 0 Å². The molecule has 10 heteroatoms. The summed E-state index contributed by atoms with van der Waals surface area (Å²) in [4.78, 5) is 24.7. The number of anilines is 1. The molecule has 0 aliphatic heterocycles. The van der Waals surface area contributed by atoms with Gasteiger partial charge in [0.1, 0.15) is 5.75 Å². The number of azo groups is 1. The number of methoxy groups -OCH3 is 4. The third-order valence-corrected chi connectivity index (χ3v) is 4.28. The first kappa shape index (κ1) is 23.0. The van der Waals surface area contributed by atoms with E-state index in [0.717, 1.165) is 0 Å². The number of rotatable bonds is 9. The fourth-order valence-corrected chi connectivity index (χ4v) is 2.80. The van der Waals surface area contributed by atoms with E-state index in [-0.39, 0.29) is 16.5 Å². The first-order chi connectivity index (χ1) is 14.3. The Morgan fingerprint density at radius 3 is 2.23 bits per heavy atom. The van der Waals surface area contributed by atoms with Gasteiger partial charge in [-0.15, -0.1) is 0 Å². The molecule has 1 amide bonds. The van der Waals surface area contributed by atoms with Crippen LogP contribution in [0, 0.1) is 0 Å². The van der Waals surface area contributed by atoms with Gasteiger partial charge in [-0.2, -0.15) is 10.2 Å². The minimum absolute atomic E-state index is 0.227. The molecule has 0 aromatic heterocycles. The number of benzene rings is 2. The molecule has 0 radical (unpaired) electrons. The van der Waals surface area contributed by atoms with Crippen molar-refractivity contribution < 1.29 is 28.5 Å². The van der Waals surface area contributed by atoms with Crippen LogP contribution in [0.15, 0.2) is 40.6 Å². The third-order valence-electron chi connectivity index (χ3n) is 4.00.